The summed E-state index contributed by atoms with van der Waals surface area (Å²) in [4.78, 5) is 35.6. The van der Waals surface area contributed by atoms with Gasteiger partial charge in [-0.05, 0) is 48.0 Å². The van der Waals surface area contributed by atoms with Gasteiger partial charge in [0.25, 0.3) is 11.6 Å². The van der Waals surface area contributed by atoms with Crippen LogP contribution in [0.25, 0.3) is 10.8 Å². The van der Waals surface area contributed by atoms with Gasteiger partial charge in [-0.3, -0.25) is 14.9 Å². The molecule has 2 aromatic carbocycles. The van der Waals surface area contributed by atoms with E-state index in [9.17, 15) is 19.7 Å². The van der Waals surface area contributed by atoms with Crippen molar-refractivity contribution in [3.63, 3.8) is 0 Å². The summed E-state index contributed by atoms with van der Waals surface area (Å²) in [5.41, 5.74) is -0.350. The highest BCUT2D eigenvalue weighted by Crippen LogP contribution is 2.21. The molecule has 1 N–H and O–H groups in total. The van der Waals surface area contributed by atoms with Crippen molar-refractivity contribution in [1.29, 1.82) is 0 Å². The van der Waals surface area contributed by atoms with Crippen molar-refractivity contribution < 1.29 is 14.1 Å². The second-order valence-electron chi connectivity index (χ2n) is 5.11. The van der Waals surface area contributed by atoms with Gasteiger partial charge in [0.2, 0.25) is 0 Å². The third kappa shape index (κ3) is 3.53. The zero-order valence-electron chi connectivity index (χ0n) is 13.0. The Morgan fingerprint density at radius 2 is 1.88 bits per heavy atom. The normalized spacial score (nSPS) is 10.6. The molecule has 0 spiro atoms. The molecule has 0 unspecified atom stereocenters. The predicted octanol–water partition coefficient (Wildman–Crippen LogP) is 3.68. The van der Waals surface area contributed by atoms with Crippen LogP contribution in [-0.2, 0) is 0 Å². The summed E-state index contributed by atoms with van der Waals surface area (Å²) in [6.07, 6.45) is 1.94. The van der Waals surface area contributed by atoms with Crippen molar-refractivity contribution >= 4 is 39.8 Å². The summed E-state index contributed by atoms with van der Waals surface area (Å²) in [5, 5.41) is 13.9. The number of carbonyl (C=O) groups is 1. The zero-order valence-corrected chi connectivity index (χ0v) is 13.8. The zero-order chi connectivity index (χ0) is 18.0. The maximum absolute atomic E-state index is 12.3. The Hall–Kier alpha value is -3.13. The molecule has 0 saturated heterocycles. The molecule has 0 fully saturated rings. The van der Waals surface area contributed by atoms with Crippen LogP contribution in [0.4, 0.5) is 11.4 Å². The standard InChI is InChI=1S/C17H12N2O5S/c1-25-13-5-2-11(3-6-13)18-16(20)15-9-10-8-12(19(22)23)4-7-14(10)17(21)24-15/h2-9H,1H3,(H,18,20). The number of benzene rings is 2. The van der Waals surface area contributed by atoms with Gasteiger partial charge in [0.05, 0.1) is 10.3 Å². The van der Waals surface area contributed by atoms with Crippen molar-refractivity contribution in [3.8, 4) is 0 Å². The summed E-state index contributed by atoms with van der Waals surface area (Å²) >= 11 is 1.57. The first-order valence-corrected chi connectivity index (χ1v) is 8.38. The Balaban J connectivity index is 1.94. The Morgan fingerprint density at radius 1 is 1.16 bits per heavy atom. The number of amides is 1. The van der Waals surface area contributed by atoms with Crippen LogP contribution in [0.2, 0.25) is 0 Å². The first kappa shape index (κ1) is 16.7. The molecule has 0 saturated carbocycles. The molecule has 3 rings (SSSR count). The average Bonchev–Trinajstić information content (AvgIpc) is 2.61. The molecule has 1 aromatic heterocycles. The Kier molecular flexibility index (Phi) is 4.53. The SMILES string of the molecule is CSc1ccc(NC(=O)c2cc3cc([N+](=O)[O-])ccc3c(=O)o2)cc1. The molecule has 25 heavy (non-hydrogen) atoms. The number of fused-ring (bicyclic) bond motifs is 1. The van der Waals surface area contributed by atoms with E-state index in [0.717, 1.165) is 4.90 Å². The minimum absolute atomic E-state index is 0.169. The molecule has 7 nitrogen and oxygen atoms in total. The Labute approximate surface area is 145 Å². The third-order valence-electron chi connectivity index (χ3n) is 3.53. The summed E-state index contributed by atoms with van der Waals surface area (Å²) in [7, 11) is 0. The van der Waals surface area contributed by atoms with Gasteiger partial charge in [-0.15, -0.1) is 11.8 Å². The summed E-state index contributed by atoms with van der Waals surface area (Å²) in [6, 6.07) is 12.2. The number of nitrogens with zero attached hydrogens (tertiary/aromatic N) is 1. The van der Waals surface area contributed by atoms with Crippen LogP contribution in [0.3, 0.4) is 0 Å². The van der Waals surface area contributed by atoms with E-state index in [2.05, 4.69) is 5.32 Å². The molecule has 0 aliphatic heterocycles. The average molecular weight is 356 g/mol. The first-order valence-electron chi connectivity index (χ1n) is 7.15. The van der Waals surface area contributed by atoms with E-state index in [1.54, 1.807) is 23.9 Å². The molecule has 8 heteroatoms. The number of nitrogens with one attached hydrogen (secondary N) is 1. The van der Waals surface area contributed by atoms with Gasteiger partial charge < -0.3 is 9.73 Å². The number of nitro benzene ring substituents is 1. The fourth-order valence-corrected chi connectivity index (χ4v) is 2.68. The fourth-order valence-electron chi connectivity index (χ4n) is 2.27. The molecular formula is C17H12N2O5S. The van der Waals surface area contributed by atoms with Crippen LogP contribution in [0.5, 0.6) is 0 Å². The minimum Gasteiger partial charge on any atom is -0.417 e. The second-order valence-corrected chi connectivity index (χ2v) is 5.99. The van der Waals surface area contributed by atoms with E-state index in [1.807, 2.05) is 18.4 Å². The van der Waals surface area contributed by atoms with Gasteiger partial charge in [0.1, 0.15) is 0 Å². The van der Waals surface area contributed by atoms with Crippen LogP contribution < -0.4 is 10.9 Å². The quantitative estimate of drug-likeness (QED) is 0.435. The highest BCUT2D eigenvalue weighted by atomic mass is 32.2. The van der Waals surface area contributed by atoms with Gasteiger partial charge in [-0.1, -0.05) is 0 Å². The lowest BCUT2D eigenvalue weighted by atomic mass is 10.1. The highest BCUT2D eigenvalue weighted by Gasteiger charge is 2.15. The topological polar surface area (TPSA) is 102 Å². The number of anilines is 1. The number of nitro groups is 1. The third-order valence-corrected chi connectivity index (χ3v) is 4.27. The molecule has 126 valence electrons. The lowest BCUT2D eigenvalue weighted by molar-refractivity contribution is -0.384. The van der Waals surface area contributed by atoms with Crippen LogP contribution in [-0.4, -0.2) is 17.1 Å². The summed E-state index contributed by atoms with van der Waals surface area (Å²) in [5.74, 6) is -0.825. The maximum atomic E-state index is 12.3. The van der Waals surface area contributed by atoms with Crippen LogP contribution in [0.15, 0.2) is 62.6 Å². The van der Waals surface area contributed by atoms with E-state index >= 15 is 0 Å². The highest BCUT2D eigenvalue weighted by molar-refractivity contribution is 7.98. The van der Waals surface area contributed by atoms with E-state index in [4.69, 9.17) is 4.42 Å². The Bertz CT molecular complexity index is 1030. The number of thioether (sulfide) groups is 1. The van der Waals surface area contributed by atoms with Gasteiger partial charge in [0, 0.05) is 22.7 Å². The molecule has 0 radical (unpaired) electrons. The first-order chi connectivity index (χ1) is 12.0. The number of non-ortho nitro benzene ring substituents is 1. The van der Waals surface area contributed by atoms with E-state index in [1.165, 1.54) is 24.3 Å². The molecule has 0 aliphatic rings. The van der Waals surface area contributed by atoms with Crippen LogP contribution in [0, 0.1) is 10.1 Å². The Morgan fingerprint density at radius 3 is 2.52 bits per heavy atom. The number of rotatable bonds is 4. The lowest BCUT2D eigenvalue weighted by Crippen LogP contribution is -2.15. The molecule has 1 amide bonds. The van der Waals surface area contributed by atoms with E-state index < -0.39 is 16.5 Å². The monoisotopic (exact) mass is 356 g/mol. The second kappa shape index (κ2) is 6.78. The van der Waals surface area contributed by atoms with Crippen molar-refractivity contribution in [2.75, 3.05) is 11.6 Å². The van der Waals surface area contributed by atoms with Crippen LogP contribution in [0.1, 0.15) is 10.6 Å². The van der Waals surface area contributed by atoms with Crippen molar-refractivity contribution in [3.05, 3.63) is 74.8 Å². The molecular weight excluding hydrogens is 344 g/mol. The van der Waals surface area contributed by atoms with E-state index in [0.29, 0.717) is 5.69 Å². The van der Waals surface area contributed by atoms with Crippen LogP contribution >= 0.6 is 11.8 Å². The number of carbonyl (C=O) groups excluding carboxylic acids is 1. The van der Waals surface area contributed by atoms with Gasteiger partial charge >= 0.3 is 5.63 Å². The predicted molar refractivity (Wildman–Crippen MR) is 95.3 cm³/mol. The van der Waals surface area contributed by atoms with Crippen molar-refractivity contribution in [2.45, 2.75) is 4.90 Å². The smallest absolute Gasteiger partial charge is 0.344 e. The lowest BCUT2D eigenvalue weighted by Gasteiger charge is -2.06. The number of hydrogen-bond acceptors (Lipinski definition) is 6. The summed E-state index contributed by atoms with van der Waals surface area (Å²) in [6.45, 7) is 0. The summed E-state index contributed by atoms with van der Waals surface area (Å²) < 4.78 is 5.03. The molecule has 0 aliphatic carbocycles. The molecule has 3 aromatic rings. The number of hydrogen-bond donors (Lipinski definition) is 1. The van der Waals surface area contributed by atoms with E-state index in [-0.39, 0.29) is 22.2 Å². The van der Waals surface area contributed by atoms with Gasteiger partial charge in [0.15, 0.2) is 5.76 Å². The van der Waals surface area contributed by atoms with Gasteiger partial charge in [-0.25, -0.2) is 4.79 Å². The molecule has 1 heterocycles. The van der Waals surface area contributed by atoms with Crippen molar-refractivity contribution in [2.24, 2.45) is 0 Å². The molecule has 0 bridgehead atoms. The largest absolute Gasteiger partial charge is 0.417 e. The maximum Gasteiger partial charge on any atom is 0.344 e. The van der Waals surface area contributed by atoms with Crippen molar-refractivity contribution in [1.82, 2.24) is 0 Å². The minimum atomic E-state index is -0.727. The molecule has 0 atom stereocenters. The van der Waals surface area contributed by atoms with Gasteiger partial charge in [-0.2, -0.15) is 0 Å². The fraction of sp³-hybridized carbons (Fsp3) is 0.0588.